The number of nitrogens with one attached hydrogen (secondary N) is 2. The van der Waals surface area contributed by atoms with Crippen LogP contribution >= 0.6 is 0 Å². The molecule has 0 aliphatic carbocycles. The van der Waals surface area contributed by atoms with E-state index >= 15 is 0 Å². The Labute approximate surface area is 94.7 Å². The van der Waals surface area contributed by atoms with Crippen LogP contribution in [0.1, 0.15) is 18.9 Å². The van der Waals surface area contributed by atoms with Gasteiger partial charge < -0.3 is 16.4 Å². The van der Waals surface area contributed by atoms with Crippen LogP contribution in [-0.2, 0) is 4.79 Å². The van der Waals surface area contributed by atoms with E-state index in [1.807, 2.05) is 13.8 Å². The van der Waals surface area contributed by atoms with Gasteiger partial charge in [0.1, 0.15) is 18.0 Å². The molecule has 0 unspecified atom stereocenters. The molecule has 1 amide bonds. The number of hydrogen-bond donors (Lipinski definition) is 3. The van der Waals surface area contributed by atoms with E-state index in [0.717, 1.165) is 23.7 Å². The number of aromatic nitrogens is 2. The van der Waals surface area contributed by atoms with E-state index in [2.05, 4.69) is 20.6 Å². The molecule has 0 fully saturated rings. The fraction of sp³-hybridized carbons (Fsp3) is 0.500. The lowest BCUT2D eigenvalue weighted by Gasteiger charge is -2.11. The van der Waals surface area contributed by atoms with Crippen molar-refractivity contribution in [3.05, 3.63) is 11.9 Å². The summed E-state index contributed by atoms with van der Waals surface area (Å²) in [6, 6.07) is 0. The van der Waals surface area contributed by atoms with E-state index in [4.69, 9.17) is 5.73 Å². The zero-order chi connectivity index (χ0) is 12.0. The van der Waals surface area contributed by atoms with Gasteiger partial charge in [-0.05, 0) is 13.8 Å². The number of rotatable bonds is 6. The van der Waals surface area contributed by atoms with Crippen LogP contribution in [0.3, 0.4) is 0 Å². The van der Waals surface area contributed by atoms with Gasteiger partial charge in [-0.3, -0.25) is 4.79 Å². The topological polar surface area (TPSA) is 92.9 Å². The zero-order valence-electron chi connectivity index (χ0n) is 9.58. The maximum absolute atomic E-state index is 10.6. The molecule has 0 bridgehead atoms. The van der Waals surface area contributed by atoms with E-state index < -0.39 is 0 Å². The molecule has 1 rings (SSSR count). The van der Waals surface area contributed by atoms with Gasteiger partial charge in [0.25, 0.3) is 0 Å². The first-order chi connectivity index (χ1) is 7.65. The lowest BCUT2D eigenvalue weighted by atomic mass is 10.3. The Morgan fingerprint density at radius 2 is 2.00 bits per heavy atom. The van der Waals surface area contributed by atoms with Crippen molar-refractivity contribution in [2.45, 2.75) is 20.3 Å². The molecule has 16 heavy (non-hydrogen) atoms. The number of amides is 1. The number of hydrogen-bond acceptors (Lipinski definition) is 5. The van der Waals surface area contributed by atoms with E-state index in [9.17, 15) is 4.79 Å². The van der Waals surface area contributed by atoms with Gasteiger partial charge in [0.15, 0.2) is 0 Å². The van der Waals surface area contributed by atoms with Crippen molar-refractivity contribution in [3.63, 3.8) is 0 Å². The normalized spacial score (nSPS) is 9.88. The molecule has 1 heterocycles. The lowest BCUT2D eigenvalue weighted by Crippen LogP contribution is -2.17. The van der Waals surface area contributed by atoms with Crippen molar-refractivity contribution in [1.29, 1.82) is 0 Å². The molecule has 0 aliphatic rings. The highest BCUT2D eigenvalue weighted by molar-refractivity contribution is 5.74. The van der Waals surface area contributed by atoms with Gasteiger partial charge in [0.05, 0.1) is 0 Å². The smallest absolute Gasteiger partial charge is 0.219 e. The summed E-state index contributed by atoms with van der Waals surface area (Å²) < 4.78 is 0. The minimum absolute atomic E-state index is 0.292. The van der Waals surface area contributed by atoms with Gasteiger partial charge in [0.2, 0.25) is 5.91 Å². The summed E-state index contributed by atoms with van der Waals surface area (Å²) in [5.74, 6) is 1.21. The van der Waals surface area contributed by atoms with Gasteiger partial charge in [0, 0.05) is 25.1 Å². The van der Waals surface area contributed by atoms with Gasteiger partial charge in [-0.1, -0.05) is 0 Å². The van der Waals surface area contributed by atoms with E-state index in [1.165, 1.54) is 6.33 Å². The van der Waals surface area contributed by atoms with Crippen LogP contribution in [0.2, 0.25) is 0 Å². The Morgan fingerprint density at radius 1 is 1.38 bits per heavy atom. The van der Waals surface area contributed by atoms with Gasteiger partial charge >= 0.3 is 0 Å². The van der Waals surface area contributed by atoms with E-state index in [1.54, 1.807) is 0 Å². The molecule has 0 saturated carbocycles. The summed E-state index contributed by atoms with van der Waals surface area (Å²) in [6.45, 7) is 5.21. The molecule has 4 N–H and O–H groups in total. The first-order valence-corrected chi connectivity index (χ1v) is 5.22. The molecule has 1 aromatic rings. The summed E-state index contributed by atoms with van der Waals surface area (Å²) in [5, 5.41) is 6.18. The number of anilines is 2. The van der Waals surface area contributed by atoms with Crippen LogP contribution in [-0.4, -0.2) is 29.0 Å². The third-order valence-corrected chi connectivity index (χ3v) is 2.09. The summed E-state index contributed by atoms with van der Waals surface area (Å²) in [7, 11) is 0. The highest BCUT2D eigenvalue weighted by Crippen LogP contribution is 2.17. The molecular weight excluding hydrogens is 206 g/mol. The predicted octanol–water partition coefficient (Wildman–Crippen LogP) is 0.504. The third-order valence-electron chi connectivity index (χ3n) is 2.09. The molecule has 0 atom stereocenters. The van der Waals surface area contributed by atoms with Gasteiger partial charge in [-0.25, -0.2) is 9.97 Å². The summed E-state index contributed by atoms with van der Waals surface area (Å²) in [6.07, 6.45) is 1.78. The lowest BCUT2D eigenvalue weighted by molar-refractivity contribution is -0.117. The minimum atomic E-state index is -0.328. The highest BCUT2D eigenvalue weighted by Gasteiger charge is 2.05. The maximum Gasteiger partial charge on any atom is 0.219 e. The van der Waals surface area contributed by atoms with Crippen LogP contribution < -0.4 is 16.4 Å². The number of carbonyl (C=O) groups is 1. The molecule has 0 aliphatic heterocycles. The minimum Gasteiger partial charge on any atom is -0.370 e. The fourth-order valence-electron chi connectivity index (χ4n) is 1.28. The summed E-state index contributed by atoms with van der Waals surface area (Å²) in [5.41, 5.74) is 5.99. The second kappa shape index (κ2) is 5.89. The maximum atomic E-state index is 10.6. The molecule has 0 spiro atoms. The van der Waals surface area contributed by atoms with Crippen LogP contribution in [0.5, 0.6) is 0 Å². The quantitative estimate of drug-likeness (QED) is 0.653. The third kappa shape index (κ3) is 3.38. The number of nitrogens with zero attached hydrogens (tertiary/aromatic N) is 2. The van der Waals surface area contributed by atoms with Crippen molar-refractivity contribution in [1.82, 2.24) is 9.97 Å². The number of nitrogens with two attached hydrogens (primary N) is 1. The Balaban J connectivity index is 2.65. The van der Waals surface area contributed by atoms with Crippen LogP contribution in [0.15, 0.2) is 6.33 Å². The van der Waals surface area contributed by atoms with Gasteiger partial charge in [-0.2, -0.15) is 0 Å². The number of primary amides is 1. The molecule has 6 nitrogen and oxygen atoms in total. The fourth-order valence-corrected chi connectivity index (χ4v) is 1.28. The molecular formula is C10H17N5O. The first kappa shape index (κ1) is 12.2. The second-order valence-electron chi connectivity index (χ2n) is 3.37. The van der Waals surface area contributed by atoms with Crippen molar-refractivity contribution in [2.75, 3.05) is 23.7 Å². The Morgan fingerprint density at radius 3 is 2.56 bits per heavy atom. The zero-order valence-corrected chi connectivity index (χ0v) is 9.58. The van der Waals surface area contributed by atoms with Crippen molar-refractivity contribution < 1.29 is 4.79 Å². The average Bonchev–Trinajstić information content (AvgIpc) is 2.23. The van der Waals surface area contributed by atoms with Crippen LogP contribution in [0.25, 0.3) is 0 Å². The van der Waals surface area contributed by atoms with E-state index in [0.29, 0.717) is 13.0 Å². The first-order valence-electron chi connectivity index (χ1n) is 5.22. The van der Waals surface area contributed by atoms with Crippen LogP contribution in [0, 0.1) is 6.92 Å². The van der Waals surface area contributed by atoms with Crippen molar-refractivity contribution >= 4 is 17.5 Å². The Hall–Kier alpha value is -1.85. The molecule has 0 aromatic carbocycles. The SMILES string of the molecule is CCNc1ncnc(NCCC(N)=O)c1C. The molecule has 0 saturated heterocycles. The molecule has 6 heteroatoms. The Bertz CT molecular complexity index is 366. The highest BCUT2D eigenvalue weighted by atomic mass is 16.1. The molecule has 1 aromatic heterocycles. The average molecular weight is 223 g/mol. The monoisotopic (exact) mass is 223 g/mol. The summed E-state index contributed by atoms with van der Waals surface area (Å²) >= 11 is 0. The number of carbonyl (C=O) groups excluding carboxylic acids is 1. The summed E-state index contributed by atoms with van der Waals surface area (Å²) in [4.78, 5) is 18.8. The van der Waals surface area contributed by atoms with Gasteiger partial charge in [-0.15, -0.1) is 0 Å². The largest absolute Gasteiger partial charge is 0.370 e. The van der Waals surface area contributed by atoms with Crippen molar-refractivity contribution in [2.24, 2.45) is 5.73 Å². The Kier molecular flexibility index (Phi) is 4.50. The van der Waals surface area contributed by atoms with Crippen molar-refractivity contribution in [3.8, 4) is 0 Å². The molecule has 88 valence electrons. The predicted molar refractivity (Wildman–Crippen MR) is 63.2 cm³/mol. The molecule has 0 radical (unpaired) electrons. The van der Waals surface area contributed by atoms with E-state index in [-0.39, 0.29) is 5.91 Å². The second-order valence-corrected chi connectivity index (χ2v) is 3.37. The van der Waals surface area contributed by atoms with Crippen LogP contribution in [0.4, 0.5) is 11.6 Å². The standard InChI is InChI=1S/C10H17N5O/c1-3-12-9-7(2)10(15-6-14-9)13-5-4-8(11)16/h6H,3-5H2,1-2H3,(H2,11,16)(H2,12,13,14,15).